The lowest BCUT2D eigenvalue weighted by Gasteiger charge is -2.16. The number of hydrogen-bond donors (Lipinski definition) is 1. The first kappa shape index (κ1) is 15.9. The largest absolute Gasteiger partial charge is 0.376 e. The summed E-state index contributed by atoms with van der Waals surface area (Å²) in [5.41, 5.74) is 0.521. The van der Waals surface area contributed by atoms with Gasteiger partial charge in [-0.3, -0.25) is 9.59 Å². The third kappa shape index (κ3) is 3.37. The lowest BCUT2D eigenvalue weighted by Crippen LogP contribution is -2.32. The van der Waals surface area contributed by atoms with Crippen molar-refractivity contribution >= 4 is 27.5 Å². The number of amides is 2. The molecule has 124 valence electrons. The molecule has 0 spiro atoms. The van der Waals surface area contributed by atoms with Gasteiger partial charge in [0, 0.05) is 25.1 Å². The Morgan fingerprint density at radius 2 is 2.22 bits per heavy atom. The van der Waals surface area contributed by atoms with Crippen molar-refractivity contribution in [1.29, 1.82) is 0 Å². The maximum absolute atomic E-state index is 12.2. The number of hydrogen-bond acceptors (Lipinski definition) is 5. The highest BCUT2D eigenvalue weighted by Crippen LogP contribution is 2.25. The van der Waals surface area contributed by atoms with Gasteiger partial charge in [-0.2, -0.15) is 0 Å². The Balaban J connectivity index is 1.74. The number of benzene rings is 1. The van der Waals surface area contributed by atoms with Crippen LogP contribution < -0.4 is 9.62 Å². The van der Waals surface area contributed by atoms with E-state index in [-0.39, 0.29) is 29.9 Å². The average Bonchev–Trinajstić information content (AvgIpc) is 3.13. The van der Waals surface area contributed by atoms with E-state index in [1.807, 2.05) is 0 Å². The molecule has 23 heavy (non-hydrogen) atoms. The van der Waals surface area contributed by atoms with Crippen LogP contribution in [0.3, 0.4) is 0 Å². The second-order valence-corrected chi connectivity index (χ2v) is 7.56. The number of carbonyl (C=O) groups excluding carboxylic acids is 2. The number of carbonyl (C=O) groups is 2. The molecule has 2 saturated heterocycles. The number of anilines is 1. The van der Waals surface area contributed by atoms with E-state index in [2.05, 4.69) is 5.32 Å². The molecule has 2 aliphatic rings. The van der Waals surface area contributed by atoms with Crippen molar-refractivity contribution in [2.24, 2.45) is 0 Å². The van der Waals surface area contributed by atoms with Gasteiger partial charge in [-0.15, -0.1) is 0 Å². The minimum absolute atomic E-state index is 0.0300. The maximum atomic E-state index is 12.2. The van der Waals surface area contributed by atoms with Gasteiger partial charge in [-0.25, -0.2) is 12.7 Å². The van der Waals surface area contributed by atoms with Crippen LogP contribution in [0.15, 0.2) is 24.3 Å². The summed E-state index contributed by atoms with van der Waals surface area (Å²) in [6, 6.07) is 6.09. The Morgan fingerprint density at radius 3 is 2.87 bits per heavy atom. The summed E-state index contributed by atoms with van der Waals surface area (Å²) in [6.07, 6.45) is 1.91. The van der Waals surface area contributed by atoms with Crippen LogP contribution in [0.1, 0.15) is 29.6 Å². The van der Waals surface area contributed by atoms with E-state index in [9.17, 15) is 18.0 Å². The predicted molar refractivity (Wildman–Crippen MR) is 83.6 cm³/mol. The highest BCUT2D eigenvalue weighted by molar-refractivity contribution is 7.94. The van der Waals surface area contributed by atoms with Gasteiger partial charge in [-0.1, -0.05) is 6.07 Å². The molecule has 1 aromatic carbocycles. The van der Waals surface area contributed by atoms with Crippen LogP contribution in [0, 0.1) is 0 Å². The van der Waals surface area contributed by atoms with Crippen LogP contribution in [0.5, 0.6) is 0 Å². The van der Waals surface area contributed by atoms with Gasteiger partial charge in [0.15, 0.2) is 0 Å². The van der Waals surface area contributed by atoms with E-state index in [4.69, 9.17) is 4.74 Å². The summed E-state index contributed by atoms with van der Waals surface area (Å²) in [5.74, 6) is -0.977. The summed E-state index contributed by atoms with van der Waals surface area (Å²) < 4.78 is 30.1. The first-order valence-corrected chi connectivity index (χ1v) is 9.14. The van der Waals surface area contributed by atoms with E-state index in [0.717, 1.165) is 17.1 Å². The second kappa shape index (κ2) is 6.29. The molecular weight excluding hydrogens is 320 g/mol. The molecule has 0 radical (unpaired) electrons. The molecule has 0 saturated carbocycles. The van der Waals surface area contributed by atoms with Gasteiger partial charge in [0.25, 0.3) is 5.91 Å². The summed E-state index contributed by atoms with van der Waals surface area (Å²) in [7, 11) is -3.63. The Bertz CT molecular complexity index is 725. The zero-order valence-electron chi connectivity index (χ0n) is 12.5. The van der Waals surface area contributed by atoms with Crippen molar-refractivity contribution in [2.45, 2.75) is 25.4 Å². The van der Waals surface area contributed by atoms with Crippen LogP contribution in [-0.2, 0) is 19.6 Å². The van der Waals surface area contributed by atoms with Gasteiger partial charge in [-0.05, 0) is 31.0 Å². The van der Waals surface area contributed by atoms with E-state index < -0.39 is 15.9 Å². The minimum atomic E-state index is -3.63. The van der Waals surface area contributed by atoms with E-state index >= 15 is 0 Å². The quantitative estimate of drug-likeness (QED) is 0.871. The van der Waals surface area contributed by atoms with Crippen LogP contribution in [0.2, 0.25) is 0 Å². The van der Waals surface area contributed by atoms with Crippen LogP contribution in [0.4, 0.5) is 5.69 Å². The number of nitrogens with zero attached hydrogens (tertiary/aromatic N) is 1. The lowest BCUT2D eigenvalue weighted by molar-refractivity contribution is -0.116. The zero-order chi connectivity index (χ0) is 16.4. The summed E-state index contributed by atoms with van der Waals surface area (Å²) in [4.78, 5) is 24.0. The molecule has 1 aromatic rings. The average molecular weight is 338 g/mol. The third-order valence-electron chi connectivity index (χ3n) is 3.94. The molecule has 2 fully saturated rings. The molecule has 0 bridgehead atoms. The maximum Gasteiger partial charge on any atom is 0.251 e. The standard InChI is InChI=1S/C15H18N2O5S/c18-14-6-8-23(20,21)17(14)12-4-1-3-11(9-12)15(19)16-10-13-5-2-7-22-13/h1,3-4,9,13H,2,5-8,10H2,(H,16,19). The Labute approximate surface area is 134 Å². The van der Waals surface area contributed by atoms with E-state index in [1.165, 1.54) is 12.1 Å². The molecule has 0 aliphatic carbocycles. The fraction of sp³-hybridized carbons (Fsp3) is 0.467. The number of nitrogens with one attached hydrogen (secondary N) is 1. The first-order chi connectivity index (χ1) is 11.0. The highest BCUT2D eigenvalue weighted by atomic mass is 32.2. The summed E-state index contributed by atoms with van der Waals surface area (Å²) >= 11 is 0. The van der Waals surface area contributed by atoms with Crippen molar-refractivity contribution in [1.82, 2.24) is 5.32 Å². The highest BCUT2D eigenvalue weighted by Gasteiger charge is 2.36. The number of ether oxygens (including phenoxy) is 1. The Morgan fingerprint density at radius 1 is 1.39 bits per heavy atom. The minimum Gasteiger partial charge on any atom is -0.376 e. The lowest BCUT2D eigenvalue weighted by atomic mass is 10.1. The van der Waals surface area contributed by atoms with Gasteiger partial charge in [0.1, 0.15) is 0 Å². The molecule has 2 aliphatic heterocycles. The first-order valence-electron chi connectivity index (χ1n) is 7.53. The van der Waals surface area contributed by atoms with Crippen molar-refractivity contribution in [3.63, 3.8) is 0 Å². The number of rotatable bonds is 4. The van der Waals surface area contributed by atoms with Gasteiger partial charge in [0.2, 0.25) is 15.9 Å². The van der Waals surface area contributed by atoms with E-state index in [0.29, 0.717) is 18.7 Å². The van der Waals surface area contributed by atoms with Gasteiger partial charge < -0.3 is 10.1 Å². The normalized spacial score (nSPS) is 23.2. The molecule has 1 unspecified atom stereocenters. The van der Waals surface area contributed by atoms with Crippen LogP contribution in [-0.4, -0.2) is 45.2 Å². The summed E-state index contributed by atoms with van der Waals surface area (Å²) in [5, 5.41) is 2.77. The Hall–Kier alpha value is -1.93. The van der Waals surface area contributed by atoms with E-state index in [1.54, 1.807) is 12.1 Å². The van der Waals surface area contributed by atoms with Crippen LogP contribution in [0.25, 0.3) is 0 Å². The zero-order valence-corrected chi connectivity index (χ0v) is 13.3. The predicted octanol–water partition coefficient (Wildman–Crippen LogP) is 0.662. The smallest absolute Gasteiger partial charge is 0.251 e. The molecule has 0 aromatic heterocycles. The van der Waals surface area contributed by atoms with Crippen LogP contribution >= 0.6 is 0 Å². The molecule has 8 heteroatoms. The van der Waals surface area contributed by atoms with Crippen molar-refractivity contribution in [2.75, 3.05) is 23.2 Å². The van der Waals surface area contributed by atoms with Gasteiger partial charge in [0.05, 0.1) is 17.5 Å². The van der Waals surface area contributed by atoms with Gasteiger partial charge >= 0.3 is 0 Å². The monoisotopic (exact) mass is 338 g/mol. The fourth-order valence-corrected chi connectivity index (χ4v) is 4.21. The summed E-state index contributed by atoms with van der Waals surface area (Å²) in [6.45, 7) is 1.13. The molecular formula is C15H18N2O5S. The second-order valence-electron chi connectivity index (χ2n) is 5.62. The molecule has 3 rings (SSSR count). The van der Waals surface area contributed by atoms with Crippen molar-refractivity contribution < 1.29 is 22.7 Å². The van der Waals surface area contributed by atoms with Crippen molar-refractivity contribution in [3.05, 3.63) is 29.8 Å². The molecule has 1 N–H and O–H groups in total. The topological polar surface area (TPSA) is 92.8 Å². The molecule has 7 nitrogen and oxygen atoms in total. The molecule has 1 atom stereocenters. The molecule has 2 heterocycles. The third-order valence-corrected chi connectivity index (χ3v) is 5.63. The SMILES string of the molecule is O=C(NCC1CCCO1)c1cccc(N2C(=O)CCS2(=O)=O)c1. The molecule has 2 amide bonds. The Kier molecular flexibility index (Phi) is 4.36. The number of sulfonamides is 1. The fourth-order valence-electron chi connectivity index (χ4n) is 2.76. The van der Waals surface area contributed by atoms with Crippen molar-refractivity contribution in [3.8, 4) is 0 Å².